The molecule has 1 atom stereocenters. The molecule has 10 nitrogen and oxygen atoms in total. The van der Waals surface area contributed by atoms with Crippen LogP contribution in [0.5, 0.6) is 0 Å². The molecule has 172 valence electrons. The number of aryl methyl sites for hydroxylation is 1. The van der Waals surface area contributed by atoms with Gasteiger partial charge in [-0.1, -0.05) is 32.0 Å². The van der Waals surface area contributed by atoms with Crippen molar-refractivity contribution in [3.63, 3.8) is 0 Å². The second kappa shape index (κ2) is 10.3. The van der Waals surface area contributed by atoms with Crippen molar-refractivity contribution in [1.82, 2.24) is 4.72 Å². The van der Waals surface area contributed by atoms with Gasteiger partial charge in [-0.15, -0.1) is 0 Å². The number of sulfonamides is 1. The quantitative estimate of drug-likeness (QED) is 0.327. The van der Waals surface area contributed by atoms with Crippen LogP contribution in [-0.2, 0) is 24.3 Å². The van der Waals surface area contributed by atoms with Crippen LogP contribution in [0.4, 0.5) is 15.8 Å². The molecule has 1 amide bonds. The number of amides is 1. The second-order valence-corrected chi connectivity index (χ2v) is 8.87. The Labute approximate surface area is 184 Å². The standard InChI is InChI=1S/C20H22FN3O7S/c1-12(2)19(23-32(29,30)17-7-5-4-6-15(17)21)20(26)31-11-18(25)22-14-9-8-13(3)16(10-14)24(27)28/h4-10,12,19,23H,11H2,1-3H3,(H,22,25). The summed E-state index contributed by atoms with van der Waals surface area (Å²) in [5.41, 5.74) is 0.340. The van der Waals surface area contributed by atoms with E-state index >= 15 is 0 Å². The number of nitrogens with zero attached hydrogens (tertiary/aromatic N) is 1. The zero-order valence-corrected chi connectivity index (χ0v) is 18.3. The van der Waals surface area contributed by atoms with Crippen LogP contribution in [0.1, 0.15) is 19.4 Å². The minimum atomic E-state index is -4.37. The topological polar surface area (TPSA) is 145 Å². The summed E-state index contributed by atoms with van der Waals surface area (Å²) in [6.45, 7) is 3.87. The zero-order valence-electron chi connectivity index (χ0n) is 17.5. The number of benzene rings is 2. The molecule has 2 aromatic carbocycles. The van der Waals surface area contributed by atoms with Gasteiger partial charge >= 0.3 is 5.97 Å². The number of rotatable bonds is 9. The number of nitro groups is 1. The van der Waals surface area contributed by atoms with Gasteiger partial charge in [-0.05, 0) is 31.0 Å². The van der Waals surface area contributed by atoms with Gasteiger partial charge in [0.15, 0.2) is 6.61 Å². The third kappa shape index (κ3) is 6.31. The minimum absolute atomic E-state index is 0.129. The molecule has 2 N–H and O–H groups in total. The van der Waals surface area contributed by atoms with E-state index in [0.717, 1.165) is 18.2 Å². The third-order valence-electron chi connectivity index (χ3n) is 4.36. The Morgan fingerprint density at radius 2 is 1.84 bits per heavy atom. The van der Waals surface area contributed by atoms with Crippen LogP contribution >= 0.6 is 0 Å². The molecule has 0 fully saturated rings. The highest BCUT2D eigenvalue weighted by molar-refractivity contribution is 7.89. The number of hydrogen-bond donors (Lipinski definition) is 2. The average Bonchev–Trinajstić information content (AvgIpc) is 2.71. The molecule has 0 spiro atoms. The van der Waals surface area contributed by atoms with E-state index in [4.69, 9.17) is 4.74 Å². The Bertz CT molecular complexity index is 1140. The monoisotopic (exact) mass is 467 g/mol. The second-order valence-electron chi connectivity index (χ2n) is 7.19. The van der Waals surface area contributed by atoms with Crippen LogP contribution in [0.3, 0.4) is 0 Å². The Morgan fingerprint density at radius 3 is 2.44 bits per heavy atom. The lowest BCUT2D eigenvalue weighted by Gasteiger charge is -2.21. The first kappa shape index (κ1) is 24.9. The molecule has 32 heavy (non-hydrogen) atoms. The van der Waals surface area contributed by atoms with E-state index in [1.165, 1.54) is 24.3 Å². The maximum absolute atomic E-state index is 13.9. The first-order valence-corrected chi connectivity index (χ1v) is 10.9. The molecule has 1 unspecified atom stereocenters. The van der Waals surface area contributed by atoms with Crippen LogP contribution in [0.2, 0.25) is 0 Å². The summed E-state index contributed by atoms with van der Waals surface area (Å²) in [5.74, 6) is -3.38. The van der Waals surface area contributed by atoms with Crippen molar-refractivity contribution in [2.45, 2.75) is 31.7 Å². The molecule has 0 aromatic heterocycles. The summed E-state index contributed by atoms with van der Waals surface area (Å²) >= 11 is 0. The number of carbonyl (C=O) groups is 2. The number of hydrogen-bond acceptors (Lipinski definition) is 7. The number of ether oxygens (including phenoxy) is 1. The van der Waals surface area contributed by atoms with Gasteiger partial charge in [0.05, 0.1) is 4.92 Å². The van der Waals surface area contributed by atoms with Crippen LogP contribution in [0.25, 0.3) is 0 Å². The van der Waals surface area contributed by atoms with E-state index in [-0.39, 0.29) is 11.4 Å². The maximum Gasteiger partial charge on any atom is 0.324 e. The molecule has 0 saturated carbocycles. The van der Waals surface area contributed by atoms with Gasteiger partial charge in [0.2, 0.25) is 10.0 Å². The summed E-state index contributed by atoms with van der Waals surface area (Å²) in [6, 6.07) is 7.35. The van der Waals surface area contributed by atoms with Crippen molar-refractivity contribution >= 4 is 33.3 Å². The molecule has 0 radical (unpaired) electrons. The molecule has 12 heteroatoms. The molecule has 0 bridgehead atoms. The predicted octanol–water partition coefficient (Wildman–Crippen LogP) is 2.53. The minimum Gasteiger partial charge on any atom is -0.454 e. The van der Waals surface area contributed by atoms with E-state index in [9.17, 15) is 32.5 Å². The number of halogens is 1. The molecule has 0 aliphatic rings. The fourth-order valence-electron chi connectivity index (χ4n) is 2.66. The lowest BCUT2D eigenvalue weighted by Crippen LogP contribution is -2.46. The Balaban J connectivity index is 2.04. The van der Waals surface area contributed by atoms with E-state index in [1.54, 1.807) is 20.8 Å². The number of nitrogens with one attached hydrogen (secondary N) is 2. The van der Waals surface area contributed by atoms with Gasteiger partial charge in [0.1, 0.15) is 16.8 Å². The average molecular weight is 467 g/mol. The van der Waals surface area contributed by atoms with Gasteiger partial charge in [0, 0.05) is 17.3 Å². The first-order valence-electron chi connectivity index (χ1n) is 9.40. The van der Waals surface area contributed by atoms with Crippen LogP contribution in [0, 0.1) is 28.8 Å². The largest absolute Gasteiger partial charge is 0.454 e. The Hall–Kier alpha value is -3.38. The van der Waals surface area contributed by atoms with Crippen molar-refractivity contribution in [3.05, 3.63) is 64.0 Å². The maximum atomic E-state index is 13.9. The summed E-state index contributed by atoms with van der Waals surface area (Å²) in [7, 11) is -4.37. The van der Waals surface area contributed by atoms with Crippen LogP contribution in [-0.4, -0.2) is 37.9 Å². The van der Waals surface area contributed by atoms with Gasteiger partial charge in [-0.3, -0.25) is 19.7 Å². The van der Waals surface area contributed by atoms with Gasteiger partial charge in [0.25, 0.3) is 11.6 Å². The number of nitro benzene ring substituents is 1. The Morgan fingerprint density at radius 1 is 1.19 bits per heavy atom. The zero-order chi connectivity index (χ0) is 24.1. The highest BCUT2D eigenvalue weighted by Crippen LogP contribution is 2.22. The fourth-order valence-corrected chi connectivity index (χ4v) is 4.07. The Kier molecular flexibility index (Phi) is 8.00. The summed E-state index contributed by atoms with van der Waals surface area (Å²) in [6.07, 6.45) is 0. The highest BCUT2D eigenvalue weighted by atomic mass is 32.2. The van der Waals surface area contributed by atoms with Gasteiger partial charge in [-0.2, -0.15) is 4.72 Å². The van der Waals surface area contributed by atoms with Gasteiger partial charge < -0.3 is 10.1 Å². The van der Waals surface area contributed by atoms with Crippen molar-refractivity contribution in [3.8, 4) is 0 Å². The van der Waals surface area contributed by atoms with E-state index in [1.807, 2.05) is 0 Å². The molecule has 0 aliphatic heterocycles. The lowest BCUT2D eigenvalue weighted by molar-refractivity contribution is -0.385. The van der Waals surface area contributed by atoms with E-state index in [2.05, 4.69) is 10.0 Å². The predicted molar refractivity (Wildman–Crippen MR) is 113 cm³/mol. The lowest BCUT2D eigenvalue weighted by atomic mass is 10.1. The smallest absolute Gasteiger partial charge is 0.324 e. The van der Waals surface area contributed by atoms with Crippen molar-refractivity contribution in [2.75, 3.05) is 11.9 Å². The molecule has 2 aromatic rings. The van der Waals surface area contributed by atoms with E-state index in [0.29, 0.717) is 5.56 Å². The third-order valence-corrected chi connectivity index (χ3v) is 5.84. The normalized spacial score (nSPS) is 12.3. The summed E-state index contributed by atoms with van der Waals surface area (Å²) in [4.78, 5) is 34.3. The van der Waals surface area contributed by atoms with Crippen molar-refractivity contribution in [2.24, 2.45) is 5.92 Å². The molecule has 0 heterocycles. The van der Waals surface area contributed by atoms with Crippen molar-refractivity contribution < 1.29 is 32.1 Å². The molecule has 0 aliphatic carbocycles. The van der Waals surface area contributed by atoms with Crippen molar-refractivity contribution in [1.29, 1.82) is 0 Å². The SMILES string of the molecule is Cc1ccc(NC(=O)COC(=O)C(NS(=O)(=O)c2ccccc2F)C(C)C)cc1[N+](=O)[O-]. The van der Waals surface area contributed by atoms with Crippen LogP contribution in [0.15, 0.2) is 47.4 Å². The first-order chi connectivity index (χ1) is 14.9. The highest BCUT2D eigenvalue weighted by Gasteiger charge is 2.31. The summed E-state index contributed by atoms with van der Waals surface area (Å²) in [5, 5.41) is 13.4. The van der Waals surface area contributed by atoms with Gasteiger partial charge in [-0.25, -0.2) is 12.8 Å². The summed E-state index contributed by atoms with van der Waals surface area (Å²) < 4.78 is 45.8. The number of anilines is 1. The molecular formula is C20H22FN3O7S. The molecule has 2 rings (SSSR count). The number of carbonyl (C=O) groups excluding carboxylic acids is 2. The number of esters is 1. The van der Waals surface area contributed by atoms with Crippen LogP contribution < -0.4 is 10.0 Å². The fraction of sp³-hybridized carbons (Fsp3) is 0.300. The molecular weight excluding hydrogens is 445 g/mol. The molecule has 0 saturated heterocycles. The van der Waals surface area contributed by atoms with E-state index < -0.39 is 56.1 Å².